The quantitative estimate of drug-likeness (QED) is 0.424. The molecule has 0 saturated carbocycles. The summed E-state index contributed by atoms with van der Waals surface area (Å²) >= 11 is 1.83. The van der Waals surface area contributed by atoms with Crippen LogP contribution in [0.4, 0.5) is 0 Å². The van der Waals surface area contributed by atoms with Crippen LogP contribution in [-0.4, -0.2) is 14.5 Å². The highest BCUT2D eigenvalue weighted by Crippen LogP contribution is 2.39. The number of fused-ring (bicyclic) bond motifs is 7. The van der Waals surface area contributed by atoms with Gasteiger partial charge in [0, 0.05) is 35.1 Å². The molecule has 118 valence electrons. The van der Waals surface area contributed by atoms with Gasteiger partial charge in [0.05, 0.1) is 10.9 Å². The van der Waals surface area contributed by atoms with Crippen molar-refractivity contribution in [2.24, 2.45) is 0 Å². The van der Waals surface area contributed by atoms with Crippen LogP contribution in [0.25, 0.3) is 37.5 Å². The van der Waals surface area contributed by atoms with Crippen LogP contribution in [0.5, 0.6) is 0 Å². The normalized spacial score (nSPS) is 12.6. The molecule has 5 heteroatoms. The maximum absolute atomic E-state index is 4.36. The predicted molar refractivity (Wildman–Crippen MR) is 99.0 cm³/mol. The summed E-state index contributed by atoms with van der Waals surface area (Å²) in [5, 5.41) is 1.22. The van der Waals surface area contributed by atoms with Gasteiger partial charge in [-0.1, -0.05) is 29.5 Å². The number of benzene rings is 1. The Labute approximate surface area is 147 Å². The van der Waals surface area contributed by atoms with Crippen molar-refractivity contribution < 1.29 is 4.57 Å². The van der Waals surface area contributed by atoms with Gasteiger partial charge < -0.3 is 0 Å². The van der Waals surface area contributed by atoms with Gasteiger partial charge in [0.25, 0.3) is 5.82 Å². The number of rotatable bonds is 1. The minimum absolute atomic E-state index is 0.857. The molecule has 0 amide bonds. The van der Waals surface area contributed by atoms with E-state index in [1.165, 1.54) is 43.1 Å². The van der Waals surface area contributed by atoms with Gasteiger partial charge in [-0.2, -0.15) is 4.57 Å². The van der Waals surface area contributed by atoms with Gasteiger partial charge in [-0.3, -0.25) is 9.97 Å². The van der Waals surface area contributed by atoms with E-state index in [-0.39, 0.29) is 0 Å². The van der Waals surface area contributed by atoms with Crippen LogP contribution in [0.3, 0.4) is 0 Å². The monoisotopic (exact) mass is 341 g/mol. The lowest BCUT2D eigenvalue weighted by Gasteiger charge is -2.00. The molecule has 0 fully saturated rings. The molecule has 1 aromatic carbocycles. The summed E-state index contributed by atoms with van der Waals surface area (Å²) in [5.41, 5.74) is 4.99. The van der Waals surface area contributed by atoms with Crippen molar-refractivity contribution in [1.29, 1.82) is 0 Å². The van der Waals surface area contributed by atoms with Crippen LogP contribution in [0.15, 0.2) is 67.3 Å². The zero-order chi connectivity index (χ0) is 16.4. The van der Waals surface area contributed by atoms with E-state index in [4.69, 9.17) is 0 Å². The first kappa shape index (κ1) is 13.3. The second kappa shape index (κ2) is 4.74. The molecule has 0 radical (unpaired) electrons. The lowest BCUT2D eigenvalue weighted by Crippen LogP contribution is -2.31. The minimum Gasteiger partial charge on any atom is -0.264 e. The van der Waals surface area contributed by atoms with E-state index < -0.39 is 0 Å². The lowest BCUT2D eigenvalue weighted by atomic mass is 10.1. The molecule has 6 rings (SSSR count). The fourth-order valence-corrected chi connectivity index (χ4v) is 5.03. The second-order valence-electron chi connectivity index (χ2n) is 6.24. The molecule has 5 heterocycles. The van der Waals surface area contributed by atoms with Crippen molar-refractivity contribution in [2.75, 3.05) is 0 Å². The minimum atomic E-state index is 0.857. The number of thiophene rings is 1. The highest BCUT2D eigenvalue weighted by molar-refractivity contribution is 7.25. The third-order valence-corrected chi connectivity index (χ3v) is 6.02. The Kier molecular flexibility index (Phi) is 2.51. The number of imidazole rings is 1. The highest BCUT2D eigenvalue weighted by Gasteiger charge is 2.37. The fraction of sp³-hybridized carbons (Fsp3) is 0.0500. The van der Waals surface area contributed by atoms with Crippen LogP contribution in [0.2, 0.25) is 0 Å². The molecule has 4 nitrogen and oxygen atoms in total. The Bertz CT molecular complexity index is 1270. The Morgan fingerprint density at radius 2 is 1.80 bits per heavy atom. The molecule has 5 aromatic rings. The number of pyridine rings is 2. The molecule has 4 aromatic heterocycles. The number of nitrogens with zero attached hydrogens (tertiary/aromatic N) is 4. The summed E-state index contributed by atoms with van der Waals surface area (Å²) in [7, 11) is 0. The number of hydrogen-bond donors (Lipinski definition) is 0. The van der Waals surface area contributed by atoms with E-state index in [1.54, 1.807) is 0 Å². The van der Waals surface area contributed by atoms with E-state index in [9.17, 15) is 0 Å². The summed E-state index contributed by atoms with van der Waals surface area (Å²) in [6, 6.07) is 14.8. The van der Waals surface area contributed by atoms with Gasteiger partial charge >= 0.3 is 0 Å². The van der Waals surface area contributed by atoms with E-state index >= 15 is 0 Å². The summed E-state index contributed by atoms with van der Waals surface area (Å²) in [5.74, 6) is 1.23. The Morgan fingerprint density at radius 1 is 0.960 bits per heavy atom. The standard InChI is InChI=1S/C20H13N4S/c1-2-4-14(5-3-1)24-19-15-6-8-21-10-13(15)12-23(19)18-16-11-22-9-7-17(16)25-20(18)24/h1-11H,12H2/q+1. The average molecular weight is 341 g/mol. The smallest absolute Gasteiger partial charge is 0.264 e. The Morgan fingerprint density at radius 3 is 2.72 bits per heavy atom. The third kappa shape index (κ3) is 1.68. The van der Waals surface area contributed by atoms with Crippen molar-refractivity contribution in [3.8, 4) is 17.1 Å². The van der Waals surface area contributed by atoms with Gasteiger partial charge in [0.1, 0.15) is 12.2 Å². The fourth-order valence-electron chi connectivity index (χ4n) is 3.83. The predicted octanol–water partition coefficient (Wildman–Crippen LogP) is 3.95. The summed E-state index contributed by atoms with van der Waals surface area (Å²) in [4.78, 5) is 9.95. The van der Waals surface area contributed by atoms with Crippen molar-refractivity contribution >= 4 is 31.8 Å². The molecular weight excluding hydrogens is 328 g/mol. The van der Waals surface area contributed by atoms with Crippen LogP contribution < -0.4 is 4.57 Å². The molecular formula is C20H13N4S+. The van der Waals surface area contributed by atoms with Crippen molar-refractivity contribution in [1.82, 2.24) is 14.5 Å². The zero-order valence-corrected chi connectivity index (χ0v) is 14.1. The summed E-state index contributed by atoms with van der Waals surface area (Å²) in [6.45, 7) is 0.857. The molecule has 1 aliphatic heterocycles. The maximum Gasteiger partial charge on any atom is 0.296 e. The molecule has 1 aliphatic rings. The van der Waals surface area contributed by atoms with Gasteiger partial charge in [-0.05, 0) is 24.3 Å². The molecule has 0 bridgehead atoms. The van der Waals surface area contributed by atoms with E-state index in [1.807, 2.05) is 36.1 Å². The molecule has 0 atom stereocenters. The largest absolute Gasteiger partial charge is 0.296 e. The summed E-state index contributed by atoms with van der Waals surface area (Å²) in [6.07, 6.45) is 7.72. The van der Waals surface area contributed by atoms with Crippen molar-refractivity contribution in [3.63, 3.8) is 0 Å². The first-order chi connectivity index (χ1) is 12.4. The number of aromatic nitrogens is 4. The number of para-hydroxylation sites is 1. The topological polar surface area (TPSA) is 34.6 Å². The van der Waals surface area contributed by atoms with Crippen LogP contribution in [-0.2, 0) is 6.54 Å². The average Bonchev–Trinajstić information content (AvgIpc) is 3.29. The van der Waals surface area contributed by atoms with Crippen LogP contribution in [0.1, 0.15) is 5.56 Å². The first-order valence-electron chi connectivity index (χ1n) is 8.21. The van der Waals surface area contributed by atoms with E-state index in [0.29, 0.717) is 0 Å². The molecule has 0 saturated heterocycles. The zero-order valence-electron chi connectivity index (χ0n) is 13.3. The molecule has 25 heavy (non-hydrogen) atoms. The van der Waals surface area contributed by atoms with Crippen molar-refractivity contribution in [3.05, 3.63) is 72.8 Å². The SMILES string of the molecule is c1ccc(-n2c3[n+](c4c5cnccc5sc42)Cc2cnccc2-3)cc1. The first-order valence-corrected chi connectivity index (χ1v) is 9.03. The van der Waals surface area contributed by atoms with E-state index in [2.05, 4.69) is 61.6 Å². The summed E-state index contributed by atoms with van der Waals surface area (Å²) < 4.78 is 6.06. The van der Waals surface area contributed by atoms with Gasteiger partial charge in [0.15, 0.2) is 5.52 Å². The molecule has 0 spiro atoms. The molecule has 0 aliphatic carbocycles. The van der Waals surface area contributed by atoms with Crippen LogP contribution >= 0.6 is 11.3 Å². The maximum atomic E-state index is 4.36. The third-order valence-electron chi connectivity index (χ3n) is 4.87. The highest BCUT2D eigenvalue weighted by atomic mass is 32.1. The lowest BCUT2D eigenvalue weighted by molar-refractivity contribution is -0.645. The Balaban J connectivity index is 1.83. The molecule has 0 unspecified atom stereocenters. The van der Waals surface area contributed by atoms with Crippen LogP contribution in [0, 0.1) is 0 Å². The van der Waals surface area contributed by atoms with Gasteiger partial charge in [-0.15, -0.1) is 0 Å². The second-order valence-corrected chi connectivity index (χ2v) is 7.27. The van der Waals surface area contributed by atoms with Crippen molar-refractivity contribution in [2.45, 2.75) is 6.54 Å². The Hall–Kier alpha value is -3.05. The van der Waals surface area contributed by atoms with Gasteiger partial charge in [0.2, 0.25) is 4.83 Å². The van der Waals surface area contributed by atoms with E-state index in [0.717, 1.165) is 6.54 Å². The number of hydrogen-bond acceptors (Lipinski definition) is 3. The molecule has 0 N–H and O–H groups in total. The van der Waals surface area contributed by atoms with Gasteiger partial charge in [-0.25, -0.2) is 4.57 Å².